The number of anilines is 2. The highest BCUT2D eigenvalue weighted by molar-refractivity contribution is 5.46. The first-order valence-electron chi connectivity index (χ1n) is 5.64. The maximum atomic E-state index is 13.5. The molecule has 2 aromatic rings. The number of nitrogens with two attached hydrogens (primary N) is 1. The number of rotatable bonds is 5. The third kappa shape index (κ3) is 2.97. The molecule has 2 aromatic heterocycles. The zero-order chi connectivity index (χ0) is 13.8. The smallest absolute Gasteiger partial charge is 0.213 e. The van der Waals surface area contributed by atoms with Crippen molar-refractivity contribution >= 4 is 11.6 Å². The zero-order valence-electron chi connectivity index (χ0n) is 10.2. The van der Waals surface area contributed by atoms with Gasteiger partial charge < -0.3 is 15.2 Å². The van der Waals surface area contributed by atoms with Crippen molar-refractivity contribution in [2.45, 2.75) is 19.9 Å². The van der Waals surface area contributed by atoms with Gasteiger partial charge in [0.05, 0.1) is 12.7 Å². The molecule has 102 valence electrons. The lowest BCUT2D eigenvalue weighted by atomic mass is 10.4. The average molecular weight is 269 g/mol. The Morgan fingerprint density at radius 1 is 1.32 bits per heavy atom. The first-order chi connectivity index (χ1) is 9.13. The highest BCUT2D eigenvalue weighted by Gasteiger charge is 2.12. The molecule has 0 fully saturated rings. The van der Waals surface area contributed by atoms with Gasteiger partial charge in [-0.25, -0.2) is 24.6 Å². The molecule has 0 atom stereocenters. The predicted octanol–water partition coefficient (Wildman–Crippen LogP) is 1.81. The topological polar surface area (TPSA) is 89.0 Å². The van der Waals surface area contributed by atoms with E-state index in [9.17, 15) is 8.78 Å². The quantitative estimate of drug-likeness (QED) is 0.566. The van der Waals surface area contributed by atoms with Gasteiger partial charge in [0.2, 0.25) is 5.89 Å². The zero-order valence-corrected chi connectivity index (χ0v) is 10.2. The summed E-state index contributed by atoms with van der Waals surface area (Å²) in [5.41, 5.74) is 2.04. The van der Waals surface area contributed by atoms with E-state index in [1.165, 1.54) is 0 Å². The maximum Gasteiger partial charge on any atom is 0.213 e. The molecule has 0 aromatic carbocycles. The molecule has 2 heterocycles. The van der Waals surface area contributed by atoms with Crippen LogP contribution in [0.2, 0.25) is 0 Å². The van der Waals surface area contributed by atoms with E-state index in [0.29, 0.717) is 12.0 Å². The number of nitrogens with zero attached hydrogens (tertiary/aromatic N) is 2. The van der Waals surface area contributed by atoms with Gasteiger partial charge in [0.25, 0.3) is 0 Å². The van der Waals surface area contributed by atoms with Crippen LogP contribution in [0, 0.1) is 11.6 Å². The minimum Gasteiger partial charge on any atom is -0.444 e. The molecule has 0 aliphatic carbocycles. The lowest BCUT2D eigenvalue weighted by molar-refractivity contribution is 0.465. The molecule has 8 heteroatoms. The number of halogens is 2. The number of hydrogen-bond donors (Lipinski definition) is 3. The molecule has 0 amide bonds. The molecule has 0 spiro atoms. The summed E-state index contributed by atoms with van der Waals surface area (Å²) < 4.78 is 31.9. The Balaban J connectivity index is 2.10. The first-order valence-corrected chi connectivity index (χ1v) is 5.64. The second kappa shape index (κ2) is 5.61. The Bertz CT molecular complexity index is 572. The van der Waals surface area contributed by atoms with Crippen molar-refractivity contribution in [3.05, 3.63) is 35.5 Å². The van der Waals surface area contributed by atoms with E-state index in [4.69, 9.17) is 10.3 Å². The van der Waals surface area contributed by atoms with E-state index in [2.05, 4.69) is 15.3 Å². The van der Waals surface area contributed by atoms with Gasteiger partial charge in [0, 0.05) is 12.5 Å². The lowest BCUT2D eigenvalue weighted by Gasteiger charge is -2.07. The molecule has 0 unspecified atom stereocenters. The summed E-state index contributed by atoms with van der Waals surface area (Å²) in [5.74, 6) is 4.12. The normalized spacial score (nSPS) is 10.5. The first kappa shape index (κ1) is 13.2. The Hall–Kier alpha value is -2.22. The van der Waals surface area contributed by atoms with Gasteiger partial charge >= 0.3 is 0 Å². The fourth-order valence-corrected chi connectivity index (χ4v) is 1.44. The van der Waals surface area contributed by atoms with Crippen molar-refractivity contribution in [1.82, 2.24) is 9.97 Å². The molecular weight excluding hydrogens is 256 g/mol. The van der Waals surface area contributed by atoms with Crippen LogP contribution in [0.3, 0.4) is 0 Å². The summed E-state index contributed by atoms with van der Waals surface area (Å²) in [6.45, 7) is 2.07. The van der Waals surface area contributed by atoms with E-state index in [1.807, 2.05) is 12.3 Å². The van der Waals surface area contributed by atoms with E-state index in [0.717, 1.165) is 12.2 Å². The maximum absolute atomic E-state index is 13.5. The Morgan fingerprint density at radius 3 is 2.68 bits per heavy atom. The molecule has 0 saturated carbocycles. The van der Waals surface area contributed by atoms with E-state index < -0.39 is 11.6 Å². The summed E-state index contributed by atoms with van der Waals surface area (Å²) in [7, 11) is 0. The van der Waals surface area contributed by atoms with Gasteiger partial charge in [-0.15, -0.1) is 0 Å². The van der Waals surface area contributed by atoms with Crippen molar-refractivity contribution in [1.29, 1.82) is 0 Å². The number of oxazole rings is 1. The fourth-order valence-electron chi connectivity index (χ4n) is 1.44. The third-order valence-electron chi connectivity index (χ3n) is 2.42. The molecule has 0 aliphatic heterocycles. The van der Waals surface area contributed by atoms with Crippen LogP contribution >= 0.6 is 0 Å². The van der Waals surface area contributed by atoms with Gasteiger partial charge in [-0.3, -0.25) is 0 Å². The summed E-state index contributed by atoms with van der Waals surface area (Å²) in [4.78, 5) is 7.66. The third-order valence-corrected chi connectivity index (χ3v) is 2.42. The van der Waals surface area contributed by atoms with E-state index in [1.54, 1.807) is 6.20 Å². The molecule has 6 nitrogen and oxygen atoms in total. The van der Waals surface area contributed by atoms with Crippen molar-refractivity contribution in [2.24, 2.45) is 5.84 Å². The van der Waals surface area contributed by atoms with Gasteiger partial charge in [0.1, 0.15) is 5.76 Å². The van der Waals surface area contributed by atoms with Crippen molar-refractivity contribution in [2.75, 3.05) is 10.7 Å². The van der Waals surface area contributed by atoms with Crippen LogP contribution in [0.15, 0.2) is 16.7 Å². The van der Waals surface area contributed by atoms with E-state index >= 15 is 0 Å². The number of hydrazine groups is 1. The SMILES string of the molecule is CCc1cnc(CNc2nc(NN)c(F)cc2F)o1. The van der Waals surface area contributed by atoms with Crippen molar-refractivity contribution in [3.63, 3.8) is 0 Å². The summed E-state index contributed by atoms with van der Waals surface area (Å²) in [6, 6.07) is 0.692. The molecule has 4 N–H and O–H groups in total. The number of pyridine rings is 1. The average Bonchev–Trinajstić information content (AvgIpc) is 2.86. The van der Waals surface area contributed by atoms with Crippen LogP contribution in [-0.2, 0) is 13.0 Å². The standard InChI is InChI=1S/C11H13F2N5O/c1-2-6-4-15-9(19-6)5-16-10-7(12)3-8(13)11(17-10)18-14/h3-4H,2,5,14H2,1H3,(H2,16,17,18). The van der Waals surface area contributed by atoms with Crippen LogP contribution in [0.4, 0.5) is 20.4 Å². The summed E-state index contributed by atoms with van der Waals surface area (Å²) in [6.07, 6.45) is 2.32. The van der Waals surface area contributed by atoms with Gasteiger partial charge in [-0.2, -0.15) is 0 Å². The van der Waals surface area contributed by atoms with Crippen LogP contribution < -0.4 is 16.6 Å². The molecule has 0 radical (unpaired) electrons. The van der Waals surface area contributed by atoms with Gasteiger partial charge in [-0.05, 0) is 0 Å². The second-order valence-corrected chi connectivity index (χ2v) is 3.72. The van der Waals surface area contributed by atoms with Crippen molar-refractivity contribution < 1.29 is 13.2 Å². The second-order valence-electron chi connectivity index (χ2n) is 3.72. The monoisotopic (exact) mass is 269 g/mol. The van der Waals surface area contributed by atoms with Gasteiger partial charge in [0.15, 0.2) is 23.3 Å². The Kier molecular flexibility index (Phi) is 3.91. The number of nitrogens with one attached hydrogen (secondary N) is 2. The lowest BCUT2D eigenvalue weighted by Crippen LogP contribution is -2.13. The van der Waals surface area contributed by atoms with Crippen LogP contribution in [-0.4, -0.2) is 9.97 Å². The van der Waals surface area contributed by atoms with Crippen LogP contribution in [0.5, 0.6) is 0 Å². The van der Waals surface area contributed by atoms with Crippen LogP contribution in [0.1, 0.15) is 18.6 Å². The molecular formula is C11H13F2N5O. The number of aromatic nitrogens is 2. The van der Waals surface area contributed by atoms with Crippen LogP contribution in [0.25, 0.3) is 0 Å². The number of nitrogen functional groups attached to an aromatic ring is 1. The number of aryl methyl sites for hydroxylation is 1. The summed E-state index contributed by atoms with van der Waals surface area (Å²) >= 11 is 0. The van der Waals surface area contributed by atoms with Crippen molar-refractivity contribution in [3.8, 4) is 0 Å². The molecule has 2 rings (SSSR count). The highest BCUT2D eigenvalue weighted by Crippen LogP contribution is 2.18. The minimum absolute atomic E-state index is 0.134. The Labute approximate surface area is 108 Å². The summed E-state index contributed by atoms with van der Waals surface area (Å²) in [5, 5.41) is 2.66. The minimum atomic E-state index is -0.866. The molecule has 0 aliphatic rings. The van der Waals surface area contributed by atoms with E-state index in [-0.39, 0.29) is 18.2 Å². The molecule has 0 bridgehead atoms. The predicted molar refractivity (Wildman–Crippen MR) is 65.2 cm³/mol. The molecule has 19 heavy (non-hydrogen) atoms. The largest absolute Gasteiger partial charge is 0.444 e. The van der Waals surface area contributed by atoms with Gasteiger partial charge in [-0.1, -0.05) is 6.92 Å². The Morgan fingerprint density at radius 2 is 2.05 bits per heavy atom. The fraction of sp³-hybridized carbons (Fsp3) is 0.273. The highest BCUT2D eigenvalue weighted by atomic mass is 19.1. The molecule has 0 saturated heterocycles. The number of hydrogen-bond acceptors (Lipinski definition) is 6.